The maximum Gasteiger partial charge on any atom is 0.328 e. The van der Waals surface area contributed by atoms with Gasteiger partial charge in [0.1, 0.15) is 0 Å². The number of rotatable bonds is 8. The zero-order chi connectivity index (χ0) is 15.8. The number of hydrogen-bond donors (Lipinski definition) is 2. The Kier molecular flexibility index (Phi) is 6.75. The molecule has 0 radical (unpaired) electrons. The number of carboxylic acids is 1. The number of nitrogens with two attached hydrogens (primary N) is 1. The number of carbonyl (C=O) groups excluding carboxylic acids is 1. The lowest BCUT2D eigenvalue weighted by atomic mass is 10.1. The van der Waals surface area contributed by atoms with Crippen LogP contribution < -0.4 is 10.6 Å². The van der Waals surface area contributed by atoms with Gasteiger partial charge in [0.05, 0.1) is 6.54 Å². The van der Waals surface area contributed by atoms with Crippen LogP contribution in [0.15, 0.2) is 24.3 Å². The van der Waals surface area contributed by atoms with Crippen molar-refractivity contribution in [2.24, 2.45) is 5.73 Å². The highest BCUT2D eigenvalue weighted by molar-refractivity contribution is 6.30. The van der Waals surface area contributed by atoms with Crippen molar-refractivity contribution < 1.29 is 14.7 Å². The predicted molar refractivity (Wildman–Crippen MR) is 84.4 cm³/mol. The standard InChI is InChI=1S/C15H19ClN2O3/c1-2-3-8-18(10-14(17)19)13-6-5-12(16)9-11(13)4-7-15(20)21/h4-7,9H,2-3,8,10H2,1H3,(H2,17,19)(H,20,21)/b7-4+. The molecule has 0 heterocycles. The topological polar surface area (TPSA) is 83.6 Å². The second-order valence-corrected chi connectivity index (χ2v) is 5.05. The Balaban J connectivity index is 3.15. The van der Waals surface area contributed by atoms with Crippen molar-refractivity contribution in [1.29, 1.82) is 0 Å². The van der Waals surface area contributed by atoms with Crippen LogP contribution in [0.3, 0.4) is 0 Å². The van der Waals surface area contributed by atoms with Crippen LogP contribution in [0, 0.1) is 0 Å². The highest BCUT2D eigenvalue weighted by Crippen LogP contribution is 2.26. The Morgan fingerprint density at radius 1 is 1.43 bits per heavy atom. The van der Waals surface area contributed by atoms with Crippen molar-refractivity contribution in [2.75, 3.05) is 18.0 Å². The van der Waals surface area contributed by atoms with Crippen LogP contribution >= 0.6 is 11.6 Å². The van der Waals surface area contributed by atoms with E-state index in [9.17, 15) is 9.59 Å². The first kappa shape index (κ1) is 17.0. The van der Waals surface area contributed by atoms with Gasteiger partial charge in [-0.15, -0.1) is 0 Å². The van der Waals surface area contributed by atoms with Gasteiger partial charge in [0.15, 0.2) is 0 Å². The van der Waals surface area contributed by atoms with Crippen molar-refractivity contribution >= 4 is 35.2 Å². The lowest BCUT2D eigenvalue weighted by Crippen LogP contribution is -2.34. The molecule has 0 aliphatic rings. The molecule has 1 rings (SSSR count). The van der Waals surface area contributed by atoms with Gasteiger partial charge in [0.25, 0.3) is 0 Å². The van der Waals surface area contributed by atoms with Gasteiger partial charge in [-0.3, -0.25) is 4.79 Å². The molecule has 1 aromatic carbocycles. The number of amides is 1. The van der Waals surface area contributed by atoms with Crippen LogP contribution in [0.1, 0.15) is 25.3 Å². The monoisotopic (exact) mass is 310 g/mol. The molecule has 0 spiro atoms. The van der Waals surface area contributed by atoms with Crippen LogP contribution in [-0.2, 0) is 9.59 Å². The van der Waals surface area contributed by atoms with Crippen molar-refractivity contribution in [1.82, 2.24) is 0 Å². The second kappa shape index (κ2) is 8.32. The van der Waals surface area contributed by atoms with E-state index in [1.165, 1.54) is 6.08 Å². The summed E-state index contributed by atoms with van der Waals surface area (Å²) in [7, 11) is 0. The lowest BCUT2D eigenvalue weighted by Gasteiger charge is -2.25. The van der Waals surface area contributed by atoms with Crippen LogP contribution in [-0.4, -0.2) is 30.1 Å². The lowest BCUT2D eigenvalue weighted by molar-refractivity contribution is -0.131. The molecule has 0 aliphatic carbocycles. The van der Waals surface area contributed by atoms with E-state index < -0.39 is 11.9 Å². The maximum absolute atomic E-state index is 11.2. The average Bonchev–Trinajstić information content (AvgIpc) is 2.41. The molecular formula is C15H19ClN2O3. The summed E-state index contributed by atoms with van der Waals surface area (Å²) in [6.07, 6.45) is 4.38. The smallest absolute Gasteiger partial charge is 0.328 e. The van der Waals surface area contributed by atoms with Crippen molar-refractivity contribution in [3.63, 3.8) is 0 Å². The van der Waals surface area contributed by atoms with Crippen LogP contribution in [0.2, 0.25) is 5.02 Å². The summed E-state index contributed by atoms with van der Waals surface area (Å²) in [6.45, 7) is 2.79. The third-order valence-electron chi connectivity index (χ3n) is 2.86. The SMILES string of the molecule is CCCCN(CC(N)=O)c1ccc(Cl)cc1/C=C/C(=O)O. The molecule has 5 nitrogen and oxygen atoms in total. The number of hydrogen-bond acceptors (Lipinski definition) is 3. The van der Waals surface area contributed by atoms with Gasteiger partial charge in [-0.1, -0.05) is 24.9 Å². The molecule has 0 saturated carbocycles. The fraction of sp³-hybridized carbons (Fsp3) is 0.333. The van der Waals surface area contributed by atoms with Gasteiger partial charge in [-0.2, -0.15) is 0 Å². The third-order valence-corrected chi connectivity index (χ3v) is 3.10. The number of nitrogens with zero attached hydrogens (tertiary/aromatic N) is 1. The van der Waals surface area contributed by atoms with Gasteiger partial charge in [-0.25, -0.2) is 4.79 Å². The predicted octanol–water partition coefficient (Wildman–Crippen LogP) is 2.53. The van der Waals surface area contributed by atoms with Gasteiger partial charge < -0.3 is 15.7 Å². The normalized spacial score (nSPS) is 10.8. The fourth-order valence-corrected chi connectivity index (χ4v) is 2.11. The number of carbonyl (C=O) groups is 2. The molecule has 0 saturated heterocycles. The van der Waals surface area contributed by atoms with Crippen molar-refractivity contribution in [3.8, 4) is 0 Å². The Morgan fingerprint density at radius 2 is 2.14 bits per heavy atom. The van der Waals surface area contributed by atoms with Crippen molar-refractivity contribution in [2.45, 2.75) is 19.8 Å². The second-order valence-electron chi connectivity index (χ2n) is 4.62. The van der Waals surface area contributed by atoms with E-state index in [4.69, 9.17) is 22.4 Å². The molecule has 0 unspecified atom stereocenters. The highest BCUT2D eigenvalue weighted by Gasteiger charge is 2.12. The summed E-state index contributed by atoms with van der Waals surface area (Å²) < 4.78 is 0. The summed E-state index contributed by atoms with van der Waals surface area (Å²) in [4.78, 5) is 23.8. The molecule has 0 aromatic heterocycles. The Morgan fingerprint density at radius 3 is 2.71 bits per heavy atom. The van der Waals surface area contributed by atoms with Crippen LogP contribution in [0.5, 0.6) is 0 Å². The molecule has 1 amide bonds. The number of primary amides is 1. The molecule has 6 heteroatoms. The molecule has 0 fully saturated rings. The molecule has 0 aliphatic heterocycles. The average molecular weight is 311 g/mol. The molecule has 0 atom stereocenters. The quantitative estimate of drug-likeness (QED) is 0.723. The number of carboxylic acid groups (broad SMARTS) is 1. The minimum Gasteiger partial charge on any atom is -0.478 e. The first-order valence-electron chi connectivity index (χ1n) is 6.67. The number of benzene rings is 1. The van der Waals surface area contributed by atoms with E-state index in [1.807, 2.05) is 4.90 Å². The minimum atomic E-state index is -1.05. The van der Waals surface area contributed by atoms with Crippen LogP contribution in [0.25, 0.3) is 6.08 Å². The Bertz CT molecular complexity index is 544. The zero-order valence-corrected chi connectivity index (χ0v) is 12.6. The highest BCUT2D eigenvalue weighted by atomic mass is 35.5. The third kappa shape index (κ3) is 5.87. The largest absolute Gasteiger partial charge is 0.478 e. The van der Waals surface area contributed by atoms with E-state index in [0.717, 1.165) is 24.6 Å². The summed E-state index contributed by atoms with van der Waals surface area (Å²) in [5.74, 6) is -1.48. The first-order chi connectivity index (χ1) is 9.93. The van der Waals surface area contributed by atoms with Gasteiger partial charge in [0.2, 0.25) is 5.91 Å². The zero-order valence-electron chi connectivity index (χ0n) is 11.9. The molecule has 3 N–H and O–H groups in total. The molecule has 0 bridgehead atoms. The van der Waals surface area contributed by atoms with Crippen molar-refractivity contribution in [3.05, 3.63) is 34.9 Å². The summed E-state index contributed by atoms with van der Waals surface area (Å²) in [5, 5.41) is 9.25. The summed E-state index contributed by atoms with van der Waals surface area (Å²) >= 11 is 5.96. The molecule has 21 heavy (non-hydrogen) atoms. The van der Waals surface area contributed by atoms with E-state index in [1.54, 1.807) is 18.2 Å². The maximum atomic E-state index is 11.2. The number of halogens is 1. The van der Waals surface area contributed by atoms with E-state index in [0.29, 0.717) is 17.1 Å². The molecular weight excluding hydrogens is 292 g/mol. The summed E-state index contributed by atoms with van der Waals surface area (Å²) in [5.41, 5.74) is 6.67. The van der Waals surface area contributed by atoms with Crippen LogP contribution in [0.4, 0.5) is 5.69 Å². The Hall–Kier alpha value is -2.01. The summed E-state index contributed by atoms with van der Waals surface area (Å²) in [6, 6.07) is 5.13. The fourth-order valence-electron chi connectivity index (χ4n) is 1.93. The number of aliphatic carboxylic acids is 1. The Labute approximate surface area is 129 Å². The molecule has 1 aromatic rings. The minimum absolute atomic E-state index is 0.0789. The molecule has 114 valence electrons. The van der Waals surface area contributed by atoms with E-state index in [-0.39, 0.29) is 6.54 Å². The number of anilines is 1. The number of unbranched alkanes of at least 4 members (excludes halogenated alkanes) is 1. The van der Waals surface area contributed by atoms with Gasteiger partial charge >= 0.3 is 5.97 Å². The first-order valence-corrected chi connectivity index (χ1v) is 7.05. The van der Waals surface area contributed by atoms with Gasteiger partial charge in [-0.05, 0) is 36.3 Å². The van der Waals surface area contributed by atoms with Gasteiger partial charge in [0, 0.05) is 23.3 Å². The van der Waals surface area contributed by atoms with E-state index >= 15 is 0 Å². The van der Waals surface area contributed by atoms with E-state index in [2.05, 4.69) is 6.92 Å².